The number of phenols is 1. The lowest BCUT2D eigenvalue weighted by Crippen LogP contribution is -2.37. The van der Waals surface area contributed by atoms with Gasteiger partial charge in [0, 0.05) is 23.5 Å². The Balaban J connectivity index is 2.41. The average Bonchev–Trinajstić information content (AvgIpc) is 2.31. The van der Waals surface area contributed by atoms with Gasteiger partial charge in [0.05, 0.1) is 0 Å². The molecule has 0 saturated heterocycles. The summed E-state index contributed by atoms with van der Waals surface area (Å²) in [6.45, 7) is 0. The number of nitrogens with one attached hydrogen (secondary N) is 3. The predicted molar refractivity (Wildman–Crippen MR) is 74.0 cm³/mol. The van der Waals surface area contributed by atoms with Crippen LogP contribution >= 0.6 is 12.2 Å². The number of aromatic hydroxyl groups is 1. The molecule has 4 nitrogen and oxygen atoms in total. The van der Waals surface area contributed by atoms with Crippen molar-refractivity contribution < 1.29 is 5.11 Å². The van der Waals surface area contributed by atoms with Gasteiger partial charge in [0.15, 0.2) is 5.11 Å². The average molecular weight is 247 g/mol. The van der Waals surface area contributed by atoms with Gasteiger partial charge in [-0.3, -0.25) is 5.43 Å². The lowest BCUT2D eigenvalue weighted by molar-refractivity contribution is 0.481. The van der Waals surface area contributed by atoms with E-state index in [1.54, 1.807) is 19.2 Å². The third kappa shape index (κ3) is 2.46. The summed E-state index contributed by atoms with van der Waals surface area (Å²) in [4.78, 5) is 0. The zero-order valence-corrected chi connectivity index (χ0v) is 10.1. The molecular weight excluding hydrogens is 234 g/mol. The van der Waals surface area contributed by atoms with E-state index in [1.165, 1.54) is 0 Å². The van der Waals surface area contributed by atoms with E-state index < -0.39 is 0 Å². The summed E-state index contributed by atoms with van der Waals surface area (Å²) < 4.78 is 0. The van der Waals surface area contributed by atoms with Gasteiger partial charge in [0.1, 0.15) is 5.75 Å². The SMILES string of the molecule is CNNC(=S)Nc1cccc2c(O)cccc12. The monoisotopic (exact) mass is 247 g/mol. The molecule has 0 amide bonds. The molecule has 0 fully saturated rings. The van der Waals surface area contributed by atoms with Crippen molar-refractivity contribution >= 4 is 33.8 Å². The Hall–Kier alpha value is -1.85. The molecule has 2 aromatic rings. The van der Waals surface area contributed by atoms with Crippen molar-refractivity contribution in [2.45, 2.75) is 0 Å². The lowest BCUT2D eigenvalue weighted by Gasteiger charge is -2.12. The fourth-order valence-corrected chi connectivity index (χ4v) is 1.88. The van der Waals surface area contributed by atoms with Crippen molar-refractivity contribution in [2.75, 3.05) is 12.4 Å². The van der Waals surface area contributed by atoms with Gasteiger partial charge in [-0.05, 0) is 24.4 Å². The fraction of sp³-hybridized carbons (Fsp3) is 0.0833. The topological polar surface area (TPSA) is 56.3 Å². The molecule has 0 radical (unpaired) electrons. The number of rotatable bonds is 2. The van der Waals surface area contributed by atoms with Crippen LogP contribution in [0.15, 0.2) is 36.4 Å². The maximum atomic E-state index is 9.74. The highest BCUT2D eigenvalue weighted by Gasteiger charge is 2.04. The second kappa shape index (κ2) is 4.99. The summed E-state index contributed by atoms with van der Waals surface area (Å²) in [5.41, 5.74) is 6.38. The number of benzene rings is 2. The zero-order valence-electron chi connectivity index (χ0n) is 9.32. The normalized spacial score (nSPS) is 10.2. The molecule has 5 heteroatoms. The molecule has 0 spiro atoms. The second-order valence-corrected chi connectivity index (χ2v) is 3.92. The molecule has 0 aliphatic heterocycles. The van der Waals surface area contributed by atoms with E-state index in [-0.39, 0.29) is 5.75 Å². The maximum absolute atomic E-state index is 9.74. The van der Waals surface area contributed by atoms with Gasteiger partial charge in [-0.25, -0.2) is 5.43 Å². The van der Waals surface area contributed by atoms with E-state index in [1.807, 2.05) is 24.3 Å². The standard InChI is InChI=1S/C12H13N3OS/c1-13-15-12(17)14-10-6-2-5-9-8(10)4-3-7-11(9)16/h2-7,13,16H,1H3,(H2,14,15,17). The predicted octanol–water partition coefficient (Wildman–Crippen LogP) is 1.97. The highest BCUT2D eigenvalue weighted by atomic mass is 32.1. The van der Waals surface area contributed by atoms with Crippen LogP contribution in [0, 0.1) is 0 Å². The smallest absolute Gasteiger partial charge is 0.185 e. The van der Waals surface area contributed by atoms with Crippen LogP contribution in [0.25, 0.3) is 10.8 Å². The number of anilines is 1. The van der Waals surface area contributed by atoms with Crippen molar-refractivity contribution in [2.24, 2.45) is 0 Å². The van der Waals surface area contributed by atoms with Crippen LogP contribution in [0.1, 0.15) is 0 Å². The largest absolute Gasteiger partial charge is 0.507 e. The summed E-state index contributed by atoms with van der Waals surface area (Å²) in [7, 11) is 1.74. The van der Waals surface area contributed by atoms with Crippen molar-refractivity contribution in [1.29, 1.82) is 0 Å². The van der Waals surface area contributed by atoms with Crippen LogP contribution in [-0.2, 0) is 0 Å². The minimum atomic E-state index is 0.263. The van der Waals surface area contributed by atoms with Crippen molar-refractivity contribution in [1.82, 2.24) is 10.9 Å². The first-order valence-corrected chi connectivity index (χ1v) is 5.57. The summed E-state index contributed by atoms with van der Waals surface area (Å²) in [6, 6.07) is 11.0. The van der Waals surface area contributed by atoms with Crippen molar-refractivity contribution in [3.05, 3.63) is 36.4 Å². The molecule has 0 aromatic heterocycles. The number of hydrazine groups is 1. The fourth-order valence-electron chi connectivity index (χ4n) is 1.67. The summed E-state index contributed by atoms with van der Waals surface area (Å²) >= 11 is 5.08. The molecule has 0 atom stereocenters. The first-order valence-electron chi connectivity index (χ1n) is 5.17. The van der Waals surface area contributed by atoms with Gasteiger partial charge in [0.25, 0.3) is 0 Å². The zero-order chi connectivity index (χ0) is 12.3. The molecule has 0 saturated carbocycles. The Morgan fingerprint density at radius 1 is 1.12 bits per heavy atom. The Labute approximate surface area is 105 Å². The van der Waals surface area contributed by atoms with Gasteiger partial charge in [-0.2, -0.15) is 0 Å². The van der Waals surface area contributed by atoms with Crippen molar-refractivity contribution in [3.8, 4) is 5.75 Å². The molecule has 0 aliphatic carbocycles. The lowest BCUT2D eigenvalue weighted by atomic mass is 10.1. The van der Waals surface area contributed by atoms with E-state index in [4.69, 9.17) is 12.2 Å². The second-order valence-electron chi connectivity index (χ2n) is 3.51. The van der Waals surface area contributed by atoms with Crippen LogP contribution in [-0.4, -0.2) is 17.3 Å². The first-order chi connectivity index (χ1) is 8.22. The number of hydrogen-bond donors (Lipinski definition) is 4. The molecule has 88 valence electrons. The van der Waals surface area contributed by atoms with E-state index in [9.17, 15) is 5.11 Å². The third-order valence-electron chi connectivity index (χ3n) is 2.39. The molecule has 0 unspecified atom stereocenters. The van der Waals surface area contributed by atoms with E-state index in [2.05, 4.69) is 16.2 Å². The van der Waals surface area contributed by atoms with E-state index in [0.717, 1.165) is 16.5 Å². The third-order valence-corrected chi connectivity index (χ3v) is 2.59. The summed E-state index contributed by atoms with van der Waals surface area (Å²) in [5, 5.41) is 15.0. The van der Waals surface area contributed by atoms with E-state index >= 15 is 0 Å². The maximum Gasteiger partial charge on any atom is 0.185 e. The molecule has 2 aromatic carbocycles. The molecular formula is C12H13N3OS. The Morgan fingerprint density at radius 2 is 1.82 bits per heavy atom. The first kappa shape index (κ1) is 11.6. The summed E-state index contributed by atoms with van der Waals surface area (Å²) in [5.74, 6) is 0.263. The van der Waals surface area contributed by atoms with Crippen molar-refractivity contribution in [3.63, 3.8) is 0 Å². The van der Waals surface area contributed by atoms with Gasteiger partial charge < -0.3 is 10.4 Å². The quantitative estimate of drug-likeness (QED) is 0.483. The van der Waals surface area contributed by atoms with Crippen LogP contribution in [0.3, 0.4) is 0 Å². The van der Waals surface area contributed by atoms with Crippen LogP contribution in [0.5, 0.6) is 5.75 Å². The van der Waals surface area contributed by atoms with E-state index in [0.29, 0.717) is 5.11 Å². The summed E-state index contributed by atoms with van der Waals surface area (Å²) in [6.07, 6.45) is 0. The molecule has 4 N–H and O–H groups in total. The minimum Gasteiger partial charge on any atom is -0.507 e. The molecule has 2 rings (SSSR count). The van der Waals surface area contributed by atoms with Gasteiger partial charge in [0.2, 0.25) is 0 Å². The van der Waals surface area contributed by atoms with Gasteiger partial charge in [-0.1, -0.05) is 24.3 Å². The minimum absolute atomic E-state index is 0.263. The Morgan fingerprint density at radius 3 is 2.59 bits per heavy atom. The van der Waals surface area contributed by atoms with Gasteiger partial charge in [-0.15, -0.1) is 0 Å². The highest BCUT2D eigenvalue weighted by molar-refractivity contribution is 7.80. The number of phenolic OH excluding ortho intramolecular Hbond substituents is 1. The Bertz CT molecular complexity index is 556. The van der Waals surface area contributed by atoms with Gasteiger partial charge >= 0.3 is 0 Å². The number of hydrogen-bond acceptors (Lipinski definition) is 3. The van der Waals surface area contributed by atoms with Crippen LogP contribution in [0.2, 0.25) is 0 Å². The molecule has 0 heterocycles. The highest BCUT2D eigenvalue weighted by Crippen LogP contribution is 2.29. The van der Waals surface area contributed by atoms with Crippen LogP contribution < -0.4 is 16.2 Å². The molecule has 0 aliphatic rings. The molecule has 17 heavy (non-hydrogen) atoms. The molecule has 0 bridgehead atoms. The van der Waals surface area contributed by atoms with Crippen LogP contribution in [0.4, 0.5) is 5.69 Å². The number of thiocarbonyl (C=S) groups is 1. The number of fused-ring (bicyclic) bond motifs is 1. The Kier molecular flexibility index (Phi) is 3.41.